The third-order valence-electron chi connectivity index (χ3n) is 2.28. The van der Waals surface area contributed by atoms with Crippen LogP contribution in [0.25, 0.3) is 0 Å². The molecule has 0 aliphatic carbocycles. The first kappa shape index (κ1) is 12.5. The minimum absolute atomic E-state index is 0.212. The number of hydrogen-bond acceptors (Lipinski definition) is 5. The third kappa shape index (κ3) is 5.20. The first-order chi connectivity index (χ1) is 7.36. The number of aliphatic hydroxyl groups is 1. The van der Waals surface area contributed by atoms with E-state index in [4.69, 9.17) is 5.11 Å². The second kappa shape index (κ2) is 7.73. The molecule has 0 radical (unpaired) electrons. The van der Waals surface area contributed by atoms with Crippen molar-refractivity contribution < 1.29 is 5.11 Å². The summed E-state index contributed by atoms with van der Waals surface area (Å²) in [6, 6.07) is 0. The summed E-state index contributed by atoms with van der Waals surface area (Å²) >= 11 is 1.38. The smallest absolute Gasteiger partial charge is 0.0895 e. The van der Waals surface area contributed by atoms with Crippen molar-refractivity contribution in [1.82, 2.24) is 14.5 Å². The molecule has 1 N–H and O–H groups in total. The largest absolute Gasteiger partial charge is 0.395 e. The van der Waals surface area contributed by atoms with Crippen molar-refractivity contribution in [3.05, 3.63) is 11.1 Å². The van der Waals surface area contributed by atoms with Crippen LogP contribution in [0.4, 0.5) is 0 Å². The Balaban J connectivity index is 2.29. The Morgan fingerprint density at radius 2 is 2.27 bits per heavy atom. The lowest BCUT2D eigenvalue weighted by Gasteiger charge is -2.19. The van der Waals surface area contributed by atoms with E-state index in [9.17, 15) is 0 Å². The van der Waals surface area contributed by atoms with Crippen LogP contribution in [-0.2, 0) is 6.54 Å². The SMILES string of the molecule is CCCCCN(CCO)Cc1csnn1. The molecule has 0 amide bonds. The molecule has 1 aromatic heterocycles. The molecule has 0 fully saturated rings. The maximum absolute atomic E-state index is 8.95. The van der Waals surface area contributed by atoms with Crippen molar-refractivity contribution in [2.75, 3.05) is 19.7 Å². The van der Waals surface area contributed by atoms with E-state index >= 15 is 0 Å². The Kier molecular flexibility index (Phi) is 6.47. The standard InChI is InChI=1S/C10H19N3OS/c1-2-3-4-5-13(6-7-14)8-10-9-15-12-11-10/h9,14H,2-8H2,1H3. The van der Waals surface area contributed by atoms with Crippen molar-refractivity contribution >= 4 is 11.5 Å². The quantitative estimate of drug-likeness (QED) is 0.687. The second-order valence-corrected chi connectivity index (χ2v) is 4.21. The first-order valence-corrected chi connectivity index (χ1v) is 6.29. The number of hydrogen-bond donors (Lipinski definition) is 1. The average Bonchev–Trinajstić information content (AvgIpc) is 2.71. The highest BCUT2D eigenvalue weighted by Crippen LogP contribution is 2.05. The molecule has 0 atom stereocenters. The highest BCUT2D eigenvalue weighted by atomic mass is 32.1. The summed E-state index contributed by atoms with van der Waals surface area (Å²) in [5.74, 6) is 0. The molecule has 86 valence electrons. The van der Waals surface area contributed by atoms with E-state index in [1.165, 1.54) is 30.8 Å². The molecule has 0 aliphatic rings. The van der Waals surface area contributed by atoms with Crippen LogP contribution in [0.2, 0.25) is 0 Å². The monoisotopic (exact) mass is 229 g/mol. The highest BCUT2D eigenvalue weighted by molar-refractivity contribution is 7.03. The van der Waals surface area contributed by atoms with Gasteiger partial charge in [-0.1, -0.05) is 24.3 Å². The maximum Gasteiger partial charge on any atom is 0.0895 e. The van der Waals surface area contributed by atoms with Crippen LogP contribution >= 0.6 is 11.5 Å². The summed E-state index contributed by atoms with van der Waals surface area (Å²) in [4.78, 5) is 2.23. The van der Waals surface area contributed by atoms with Gasteiger partial charge >= 0.3 is 0 Å². The minimum atomic E-state index is 0.212. The van der Waals surface area contributed by atoms with Gasteiger partial charge in [-0.05, 0) is 24.5 Å². The lowest BCUT2D eigenvalue weighted by atomic mass is 10.2. The molecule has 0 spiro atoms. The Morgan fingerprint density at radius 1 is 1.40 bits per heavy atom. The number of rotatable bonds is 8. The lowest BCUT2D eigenvalue weighted by Crippen LogP contribution is -2.27. The van der Waals surface area contributed by atoms with E-state index in [2.05, 4.69) is 21.4 Å². The van der Waals surface area contributed by atoms with Crippen molar-refractivity contribution in [1.29, 1.82) is 0 Å². The summed E-state index contributed by atoms with van der Waals surface area (Å²) in [5, 5.41) is 14.9. The summed E-state index contributed by atoms with van der Waals surface area (Å²) in [6.45, 7) is 4.97. The zero-order valence-electron chi connectivity index (χ0n) is 9.22. The molecule has 5 heteroatoms. The van der Waals surface area contributed by atoms with Gasteiger partial charge in [0.25, 0.3) is 0 Å². The molecule has 1 rings (SSSR count). The zero-order valence-corrected chi connectivity index (χ0v) is 10.0. The van der Waals surface area contributed by atoms with Gasteiger partial charge in [-0.2, -0.15) is 0 Å². The van der Waals surface area contributed by atoms with Crippen LogP contribution in [0.3, 0.4) is 0 Å². The van der Waals surface area contributed by atoms with Crippen molar-refractivity contribution in [2.24, 2.45) is 0 Å². The molecular formula is C10H19N3OS. The predicted molar refractivity (Wildman–Crippen MR) is 61.8 cm³/mol. The molecule has 4 nitrogen and oxygen atoms in total. The van der Waals surface area contributed by atoms with Crippen LogP contribution in [0.15, 0.2) is 5.38 Å². The molecule has 0 unspecified atom stereocenters. The fraction of sp³-hybridized carbons (Fsp3) is 0.800. The Hall–Kier alpha value is -0.520. The first-order valence-electron chi connectivity index (χ1n) is 5.46. The minimum Gasteiger partial charge on any atom is -0.395 e. The Morgan fingerprint density at radius 3 is 2.87 bits per heavy atom. The second-order valence-electron chi connectivity index (χ2n) is 3.60. The van der Waals surface area contributed by atoms with Gasteiger partial charge in [-0.3, -0.25) is 4.90 Å². The van der Waals surface area contributed by atoms with Crippen LogP contribution < -0.4 is 0 Å². The van der Waals surface area contributed by atoms with E-state index in [1.54, 1.807) is 0 Å². The molecule has 0 aliphatic heterocycles. The van der Waals surface area contributed by atoms with Crippen LogP contribution in [0.5, 0.6) is 0 Å². The van der Waals surface area contributed by atoms with E-state index in [0.717, 1.165) is 25.3 Å². The van der Waals surface area contributed by atoms with E-state index < -0.39 is 0 Å². The number of aliphatic hydroxyl groups excluding tert-OH is 1. The Bertz CT molecular complexity index is 241. The maximum atomic E-state index is 8.95. The molecule has 1 aromatic rings. The van der Waals surface area contributed by atoms with Gasteiger partial charge in [0.2, 0.25) is 0 Å². The normalized spacial score (nSPS) is 11.1. The lowest BCUT2D eigenvalue weighted by molar-refractivity contribution is 0.186. The fourth-order valence-corrected chi connectivity index (χ4v) is 1.92. The molecule has 15 heavy (non-hydrogen) atoms. The molecule has 0 saturated carbocycles. The number of unbranched alkanes of at least 4 members (excludes halogenated alkanes) is 2. The van der Waals surface area contributed by atoms with Crippen molar-refractivity contribution in [2.45, 2.75) is 32.7 Å². The molecule has 0 aromatic carbocycles. The number of aromatic nitrogens is 2. The van der Waals surface area contributed by atoms with Gasteiger partial charge < -0.3 is 5.11 Å². The molecular weight excluding hydrogens is 210 g/mol. The highest BCUT2D eigenvalue weighted by Gasteiger charge is 2.06. The topological polar surface area (TPSA) is 49.2 Å². The summed E-state index contributed by atoms with van der Waals surface area (Å²) < 4.78 is 3.83. The van der Waals surface area contributed by atoms with Crippen molar-refractivity contribution in [3.63, 3.8) is 0 Å². The fourth-order valence-electron chi connectivity index (χ4n) is 1.48. The predicted octanol–water partition coefficient (Wildman–Crippen LogP) is 1.52. The zero-order chi connectivity index (χ0) is 10.9. The summed E-state index contributed by atoms with van der Waals surface area (Å²) in [7, 11) is 0. The summed E-state index contributed by atoms with van der Waals surface area (Å²) in [5.41, 5.74) is 1.00. The van der Waals surface area contributed by atoms with Gasteiger partial charge in [-0.15, -0.1) is 5.10 Å². The number of nitrogens with zero attached hydrogens (tertiary/aromatic N) is 3. The van der Waals surface area contributed by atoms with E-state index in [1.807, 2.05) is 5.38 Å². The molecule has 0 saturated heterocycles. The Labute approximate surface area is 95.1 Å². The van der Waals surface area contributed by atoms with Crippen LogP contribution in [0.1, 0.15) is 31.9 Å². The van der Waals surface area contributed by atoms with Gasteiger partial charge in [0.05, 0.1) is 12.3 Å². The molecule has 1 heterocycles. The van der Waals surface area contributed by atoms with E-state index in [0.29, 0.717) is 0 Å². The van der Waals surface area contributed by atoms with E-state index in [-0.39, 0.29) is 6.61 Å². The summed E-state index contributed by atoms with van der Waals surface area (Å²) in [6.07, 6.45) is 3.66. The van der Waals surface area contributed by atoms with Gasteiger partial charge in [0.1, 0.15) is 0 Å². The third-order valence-corrected chi connectivity index (χ3v) is 2.84. The van der Waals surface area contributed by atoms with Gasteiger partial charge in [-0.25, -0.2) is 0 Å². The van der Waals surface area contributed by atoms with Crippen molar-refractivity contribution in [3.8, 4) is 0 Å². The van der Waals surface area contributed by atoms with Gasteiger partial charge in [0, 0.05) is 18.5 Å². The van der Waals surface area contributed by atoms with Crippen LogP contribution in [0, 0.1) is 0 Å². The van der Waals surface area contributed by atoms with Gasteiger partial charge in [0.15, 0.2) is 0 Å². The average molecular weight is 229 g/mol. The van der Waals surface area contributed by atoms with Crippen LogP contribution in [-0.4, -0.2) is 39.3 Å². The molecule has 0 bridgehead atoms.